The molecule has 2 aliphatic rings. The first-order valence-electron chi connectivity index (χ1n) is 9.91. The highest BCUT2D eigenvalue weighted by atomic mass is 32.2. The van der Waals surface area contributed by atoms with Crippen LogP contribution in [0, 0.1) is 0 Å². The Kier molecular flexibility index (Phi) is 6.46. The average Bonchev–Trinajstić information content (AvgIpc) is 3.50. The molecule has 1 atom stereocenters. The minimum atomic E-state index is -0.397. The number of morpholine rings is 1. The largest absolute Gasteiger partial charge is 0.378 e. The van der Waals surface area contributed by atoms with Gasteiger partial charge in [-0.05, 0) is 18.4 Å². The fraction of sp³-hybridized carbons (Fsp3) is 0.500. The summed E-state index contributed by atoms with van der Waals surface area (Å²) < 4.78 is 6.09. The molecule has 0 N–H and O–H groups in total. The Morgan fingerprint density at radius 1 is 1.24 bits per heavy atom. The van der Waals surface area contributed by atoms with Crippen molar-refractivity contribution in [3.63, 3.8) is 0 Å². The molecule has 4 rings (SSSR count). The van der Waals surface area contributed by atoms with Gasteiger partial charge in [0.05, 0.1) is 13.2 Å². The zero-order valence-electron chi connectivity index (χ0n) is 16.3. The SMILES string of the molecule is CCC(=O)N(c1nnc(S[C@H](C(=O)N2CCOCC2)c2ccccc2)s1)C1CC1. The number of hydrogen-bond acceptors (Lipinski definition) is 7. The molecule has 2 aromatic rings. The van der Waals surface area contributed by atoms with Gasteiger partial charge in [-0.3, -0.25) is 14.5 Å². The molecule has 1 saturated heterocycles. The van der Waals surface area contributed by atoms with E-state index in [2.05, 4.69) is 10.2 Å². The van der Waals surface area contributed by atoms with Gasteiger partial charge in [0, 0.05) is 25.6 Å². The lowest BCUT2D eigenvalue weighted by Crippen LogP contribution is -2.42. The molecule has 9 heteroatoms. The monoisotopic (exact) mass is 432 g/mol. The molecule has 0 radical (unpaired) electrons. The lowest BCUT2D eigenvalue weighted by molar-refractivity contribution is -0.134. The number of benzene rings is 1. The van der Waals surface area contributed by atoms with Gasteiger partial charge < -0.3 is 9.64 Å². The standard InChI is InChI=1S/C20H24N4O3S2/c1-2-16(25)24(15-8-9-15)19-21-22-20(29-19)28-17(14-6-4-3-5-7-14)18(26)23-10-12-27-13-11-23/h3-7,15,17H,2,8-13H2,1H3/t17-/m0/s1. The van der Waals surface area contributed by atoms with Crippen molar-refractivity contribution in [2.75, 3.05) is 31.2 Å². The zero-order valence-corrected chi connectivity index (χ0v) is 18.0. The number of ether oxygens (including phenoxy) is 1. The molecule has 1 aromatic carbocycles. The molecule has 1 aliphatic heterocycles. The molecule has 2 fully saturated rings. The van der Waals surface area contributed by atoms with E-state index in [-0.39, 0.29) is 17.9 Å². The predicted molar refractivity (Wildman–Crippen MR) is 113 cm³/mol. The van der Waals surface area contributed by atoms with Crippen molar-refractivity contribution in [1.82, 2.24) is 15.1 Å². The summed E-state index contributed by atoms with van der Waals surface area (Å²) in [5, 5.41) is 8.81. The van der Waals surface area contributed by atoms with Crippen LogP contribution in [-0.4, -0.2) is 59.3 Å². The van der Waals surface area contributed by atoms with Gasteiger partial charge in [0.1, 0.15) is 5.25 Å². The van der Waals surface area contributed by atoms with E-state index < -0.39 is 5.25 Å². The summed E-state index contributed by atoms with van der Waals surface area (Å²) in [4.78, 5) is 29.2. The van der Waals surface area contributed by atoms with Crippen LogP contribution in [0.4, 0.5) is 5.13 Å². The molecule has 1 aliphatic carbocycles. The molecule has 154 valence electrons. The highest BCUT2D eigenvalue weighted by Gasteiger charge is 2.36. The number of anilines is 1. The maximum Gasteiger partial charge on any atom is 0.240 e. The van der Waals surface area contributed by atoms with Gasteiger partial charge >= 0.3 is 0 Å². The summed E-state index contributed by atoms with van der Waals surface area (Å²) in [7, 11) is 0. The second kappa shape index (κ2) is 9.23. The molecule has 2 amide bonds. The third-order valence-electron chi connectivity index (χ3n) is 4.95. The molecule has 0 unspecified atom stereocenters. The smallest absolute Gasteiger partial charge is 0.240 e. The molecular weight excluding hydrogens is 408 g/mol. The van der Waals surface area contributed by atoms with Crippen molar-refractivity contribution >= 4 is 40.0 Å². The van der Waals surface area contributed by atoms with Crippen LogP contribution in [0.1, 0.15) is 37.0 Å². The van der Waals surface area contributed by atoms with E-state index in [0.717, 1.165) is 18.4 Å². The van der Waals surface area contributed by atoms with Gasteiger partial charge in [0.25, 0.3) is 0 Å². The number of nitrogens with zero attached hydrogens (tertiary/aromatic N) is 4. The van der Waals surface area contributed by atoms with E-state index in [9.17, 15) is 9.59 Å². The minimum Gasteiger partial charge on any atom is -0.378 e. The number of carbonyl (C=O) groups excluding carboxylic acids is 2. The van der Waals surface area contributed by atoms with E-state index in [0.29, 0.717) is 42.2 Å². The van der Waals surface area contributed by atoms with Gasteiger partial charge in [-0.1, -0.05) is 60.4 Å². The fourth-order valence-electron chi connectivity index (χ4n) is 3.26. The van der Waals surface area contributed by atoms with Crippen molar-refractivity contribution in [2.24, 2.45) is 0 Å². The summed E-state index contributed by atoms with van der Waals surface area (Å²) in [5.41, 5.74) is 0.939. The fourth-order valence-corrected chi connectivity index (χ4v) is 5.46. The van der Waals surface area contributed by atoms with Crippen LogP contribution in [0.15, 0.2) is 34.7 Å². The van der Waals surface area contributed by atoms with Gasteiger partial charge in [-0.25, -0.2) is 0 Å². The van der Waals surface area contributed by atoms with Crippen molar-refractivity contribution in [3.8, 4) is 0 Å². The molecule has 0 bridgehead atoms. The molecule has 2 heterocycles. The lowest BCUT2D eigenvalue weighted by Gasteiger charge is -2.30. The summed E-state index contributed by atoms with van der Waals surface area (Å²) >= 11 is 2.80. The van der Waals surface area contributed by atoms with Crippen LogP contribution >= 0.6 is 23.1 Å². The Morgan fingerprint density at radius 3 is 2.62 bits per heavy atom. The normalized spacial score (nSPS) is 17.8. The van der Waals surface area contributed by atoms with E-state index in [1.54, 1.807) is 4.90 Å². The maximum absolute atomic E-state index is 13.3. The third kappa shape index (κ3) is 4.79. The van der Waals surface area contributed by atoms with E-state index in [1.807, 2.05) is 42.2 Å². The molecule has 7 nitrogen and oxygen atoms in total. The summed E-state index contributed by atoms with van der Waals surface area (Å²) in [6.45, 7) is 4.20. The van der Waals surface area contributed by atoms with Crippen molar-refractivity contribution in [1.29, 1.82) is 0 Å². The van der Waals surface area contributed by atoms with Crippen LogP contribution in [0.5, 0.6) is 0 Å². The number of rotatable bonds is 7. The average molecular weight is 433 g/mol. The molecule has 1 saturated carbocycles. The molecular formula is C20H24N4O3S2. The molecule has 1 aromatic heterocycles. The Balaban J connectivity index is 1.55. The quantitative estimate of drug-likeness (QED) is 0.494. The summed E-state index contributed by atoms with van der Waals surface area (Å²) in [6, 6.07) is 10.0. The second-order valence-electron chi connectivity index (χ2n) is 7.05. The Labute approximate surface area is 178 Å². The number of hydrogen-bond donors (Lipinski definition) is 0. The number of aromatic nitrogens is 2. The first-order valence-corrected chi connectivity index (χ1v) is 11.6. The van der Waals surface area contributed by atoms with Crippen LogP contribution in [0.3, 0.4) is 0 Å². The zero-order chi connectivity index (χ0) is 20.2. The predicted octanol–water partition coefficient (Wildman–Crippen LogP) is 3.14. The minimum absolute atomic E-state index is 0.0601. The van der Waals surface area contributed by atoms with Crippen LogP contribution in [0.25, 0.3) is 0 Å². The van der Waals surface area contributed by atoms with Gasteiger partial charge in [-0.15, -0.1) is 10.2 Å². The second-order valence-corrected chi connectivity index (χ2v) is 9.35. The number of carbonyl (C=O) groups is 2. The van der Waals surface area contributed by atoms with Crippen LogP contribution in [-0.2, 0) is 14.3 Å². The highest BCUT2D eigenvalue weighted by Crippen LogP contribution is 2.41. The third-order valence-corrected chi connectivity index (χ3v) is 7.20. The Bertz CT molecular complexity index is 850. The molecule has 0 spiro atoms. The lowest BCUT2D eigenvalue weighted by atomic mass is 10.1. The summed E-state index contributed by atoms with van der Waals surface area (Å²) in [6.07, 6.45) is 2.46. The first-order chi connectivity index (χ1) is 14.2. The number of amides is 2. The number of thioether (sulfide) groups is 1. The highest BCUT2D eigenvalue weighted by molar-refractivity contribution is 8.01. The van der Waals surface area contributed by atoms with Gasteiger partial charge in [0.15, 0.2) is 4.34 Å². The topological polar surface area (TPSA) is 75.6 Å². The van der Waals surface area contributed by atoms with Crippen molar-refractivity contribution in [3.05, 3.63) is 35.9 Å². The summed E-state index contributed by atoms with van der Waals surface area (Å²) in [5.74, 6) is 0.133. The van der Waals surface area contributed by atoms with Crippen molar-refractivity contribution < 1.29 is 14.3 Å². The van der Waals surface area contributed by atoms with Gasteiger partial charge in [0.2, 0.25) is 16.9 Å². The first kappa shape index (κ1) is 20.3. The van der Waals surface area contributed by atoms with Crippen LogP contribution < -0.4 is 4.90 Å². The van der Waals surface area contributed by atoms with Crippen LogP contribution in [0.2, 0.25) is 0 Å². The van der Waals surface area contributed by atoms with Crippen molar-refractivity contribution in [2.45, 2.75) is 41.8 Å². The maximum atomic E-state index is 13.3. The van der Waals surface area contributed by atoms with E-state index in [1.165, 1.54) is 23.1 Å². The Hall–Kier alpha value is -1.97. The van der Waals surface area contributed by atoms with E-state index in [4.69, 9.17) is 4.74 Å². The van der Waals surface area contributed by atoms with E-state index >= 15 is 0 Å². The Morgan fingerprint density at radius 2 is 1.97 bits per heavy atom. The molecule has 29 heavy (non-hydrogen) atoms. The van der Waals surface area contributed by atoms with Gasteiger partial charge in [-0.2, -0.15) is 0 Å².